The number of pyridine rings is 1. The van der Waals surface area contributed by atoms with E-state index in [1.54, 1.807) is 22.2 Å². The van der Waals surface area contributed by atoms with Crippen molar-refractivity contribution in [3.05, 3.63) is 89.7 Å². The molecular formula is C21H18N4OS. The number of benzene rings is 1. The topological polar surface area (TPSA) is 59.8 Å². The van der Waals surface area contributed by atoms with Crippen molar-refractivity contribution in [2.24, 2.45) is 0 Å². The molecule has 4 aromatic rings. The Bertz CT molecular complexity index is 1010. The Morgan fingerprint density at radius 2 is 1.89 bits per heavy atom. The first-order valence-electron chi connectivity index (χ1n) is 8.69. The Kier molecular flexibility index (Phi) is 5.07. The zero-order valence-electron chi connectivity index (χ0n) is 14.6. The Hall–Kier alpha value is -3.25. The lowest BCUT2D eigenvalue weighted by atomic mass is 10.2. The largest absolute Gasteiger partial charge is 0.350 e. The van der Waals surface area contributed by atoms with Crippen LogP contribution in [0.15, 0.2) is 78.3 Å². The van der Waals surface area contributed by atoms with Crippen LogP contribution in [-0.4, -0.2) is 27.2 Å². The molecule has 0 spiro atoms. The molecule has 134 valence electrons. The lowest BCUT2D eigenvalue weighted by Gasteiger charge is -2.08. The zero-order valence-corrected chi connectivity index (χ0v) is 15.4. The molecule has 0 fully saturated rings. The van der Waals surface area contributed by atoms with E-state index in [1.807, 2.05) is 72.1 Å². The maximum absolute atomic E-state index is 12.8. The first-order valence-corrected chi connectivity index (χ1v) is 9.57. The van der Waals surface area contributed by atoms with Gasteiger partial charge < -0.3 is 5.32 Å². The number of carbonyl (C=O) groups is 1. The van der Waals surface area contributed by atoms with Gasteiger partial charge in [0.15, 0.2) is 0 Å². The van der Waals surface area contributed by atoms with Crippen molar-refractivity contribution in [1.29, 1.82) is 0 Å². The average Bonchev–Trinajstić information content (AvgIpc) is 3.39. The Morgan fingerprint density at radius 1 is 1.04 bits per heavy atom. The fraction of sp³-hybridized carbons (Fsp3) is 0.0952. The van der Waals surface area contributed by atoms with Crippen molar-refractivity contribution in [3.63, 3.8) is 0 Å². The molecule has 0 radical (unpaired) electrons. The first kappa shape index (κ1) is 17.2. The van der Waals surface area contributed by atoms with Crippen LogP contribution in [-0.2, 0) is 6.42 Å². The number of para-hydroxylation sites is 1. The van der Waals surface area contributed by atoms with E-state index in [-0.39, 0.29) is 5.91 Å². The van der Waals surface area contributed by atoms with Crippen LogP contribution in [0.25, 0.3) is 16.3 Å². The molecule has 1 N–H and O–H groups in total. The van der Waals surface area contributed by atoms with Crippen molar-refractivity contribution in [1.82, 2.24) is 20.1 Å². The number of aromatic nitrogens is 3. The molecule has 0 aliphatic heterocycles. The lowest BCUT2D eigenvalue weighted by Crippen LogP contribution is -2.28. The third-order valence-electron chi connectivity index (χ3n) is 4.11. The summed E-state index contributed by atoms with van der Waals surface area (Å²) in [5.41, 5.74) is 3.12. The minimum Gasteiger partial charge on any atom is -0.350 e. The van der Waals surface area contributed by atoms with Crippen LogP contribution in [0.2, 0.25) is 0 Å². The van der Waals surface area contributed by atoms with Crippen molar-refractivity contribution in [2.45, 2.75) is 6.42 Å². The molecule has 1 amide bonds. The van der Waals surface area contributed by atoms with Gasteiger partial charge in [0.05, 0.1) is 10.6 Å². The Morgan fingerprint density at radius 3 is 2.63 bits per heavy atom. The van der Waals surface area contributed by atoms with Crippen molar-refractivity contribution >= 4 is 17.2 Å². The van der Waals surface area contributed by atoms with E-state index in [2.05, 4.69) is 15.4 Å². The van der Waals surface area contributed by atoms with Gasteiger partial charge in [-0.1, -0.05) is 30.3 Å². The van der Waals surface area contributed by atoms with Crippen LogP contribution in [0, 0.1) is 0 Å². The van der Waals surface area contributed by atoms with E-state index >= 15 is 0 Å². The normalized spacial score (nSPS) is 10.7. The third kappa shape index (κ3) is 3.96. The standard InChI is InChI=1S/C21H18N4OS/c26-21(23-13-11-16-7-4-5-12-22-16)19-15-18(20-10-6-14-27-20)24-25(19)17-8-2-1-3-9-17/h1-10,12,14-15H,11,13H2,(H,23,26). The zero-order chi connectivity index (χ0) is 18.5. The van der Waals surface area contributed by atoms with Gasteiger partial charge in [-0.25, -0.2) is 4.68 Å². The molecule has 0 saturated heterocycles. The molecule has 6 heteroatoms. The SMILES string of the molecule is O=C(NCCc1ccccn1)c1cc(-c2cccs2)nn1-c1ccccc1. The highest BCUT2D eigenvalue weighted by Crippen LogP contribution is 2.25. The summed E-state index contributed by atoms with van der Waals surface area (Å²) < 4.78 is 1.70. The van der Waals surface area contributed by atoms with Crippen LogP contribution in [0.4, 0.5) is 0 Å². The van der Waals surface area contributed by atoms with E-state index in [0.29, 0.717) is 18.7 Å². The van der Waals surface area contributed by atoms with Gasteiger partial charge in [0.2, 0.25) is 0 Å². The van der Waals surface area contributed by atoms with Gasteiger partial charge >= 0.3 is 0 Å². The van der Waals surface area contributed by atoms with Gasteiger partial charge in [-0.3, -0.25) is 9.78 Å². The summed E-state index contributed by atoms with van der Waals surface area (Å²) in [5, 5.41) is 9.65. The van der Waals surface area contributed by atoms with E-state index in [4.69, 9.17) is 0 Å². The highest BCUT2D eigenvalue weighted by Gasteiger charge is 2.17. The van der Waals surface area contributed by atoms with Gasteiger partial charge in [0.25, 0.3) is 5.91 Å². The molecular weight excluding hydrogens is 356 g/mol. The van der Waals surface area contributed by atoms with Crippen molar-refractivity contribution in [3.8, 4) is 16.3 Å². The number of hydrogen-bond donors (Lipinski definition) is 1. The highest BCUT2D eigenvalue weighted by atomic mass is 32.1. The van der Waals surface area contributed by atoms with Crippen LogP contribution in [0.5, 0.6) is 0 Å². The number of rotatable bonds is 6. The van der Waals surface area contributed by atoms with Crippen LogP contribution >= 0.6 is 11.3 Å². The molecule has 0 atom stereocenters. The molecule has 5 nitrogen and oxygen atoms in total. The summed E-state index contributed by atoms with van der Waals surface area (Å²) >= 11 is 1.60. The van der Waals surface area contributed by atoms with E-state index in [1.165, 1.54) is 0 Å². The predicted molar refractivity (Wildman–Crippen MR) is 107 cm³/mol. The highest BCUT2D eigenvalue weighted by molar-refractivity contribution is 7.13. The number of amides is 1. The summed E-state index contributed by atoms with van der Waals surface area (Å²) in [7, 11) is 0. The van der Waals surface area contributed by atoms with Gasteiger partial charge in [0, 0.05) is 24.9 Å². The molecule has 3 aromatic heterocycles. The molecule has 0 saturated carbocycles. The molecule has 3 heterocycles. The Balaban J connectivity index is 1.57. The summed E-state index contributed by atoms with van der Waals surface area (Å²) in [4.78, 5) is 18.1. The van der Waals surface area contributed by atoms with Gasteiger partial charge in [0.1, 0.15) is 11.4 Å². The van der Waals surface area contributed by atoms with E-state index in [0.717, 1.165) is 22.0 Å². The summed E-state index contributed by atoms with van der Waals surface area (Å²) in [5.74, 6) is -0.148. The van der Waals surface area contributed by atoms with Crippen molar-refractivity contribution in [2.75, 3.05) is 6.54 Å². The molecule has 0 unspecified atom stereocenters. The predicted octanol–water partition coefficient (Wildman–Crippen LogP) is 3.97. The number of hydrogen-bond acceptors (Lipinski definition) is 4. The third-order valence-corrected chi connectivity index (χ3v) is 5.00. The van der Waals surface area contributed by atoms with Gasteiger partial charge in [-0.2, -0.15) is 5.10 Å². The first-order chi connectivity index (χ1) is 13.3. The maximum Gasteiger partial charge on any atom is 0.270 e. The monoisotopic (exact) mass is 374 g/mol. The van der Waals surface area contributed by atoms with E-state index in [9.17, 15) is 4.79 Å². The smallest absolute Gasteiger partial charge is 0.270 e. The fourth-order valence-corrected chi connectivity index (χ4v) is 3.48. The molecule has 4 rings (SSSR count). The number of nitrogens with zero attached hydrogens (tertiary/aromatic N) is 3. The number of nitrogens with one attached hydrogen (secondary N) is 1. The van der Waals surface area contributed by atoms with Crippen LogP contribution in [0.1, 0.15) is 16.2 Å². The van der Waals surface area contributed by atoms with Crippen LogP contribution in [0.3, 0.4) is 0 Å². The average molecular weight is 374 g/mol. The van der Waals surface area contributed by atoms with Gasteiger partial charge in [-0.15, -0.1) is 11.3 Å². The number of thiophene rings is 1. The molecule has 27 heavy (non-hydrogen) atoms. The Labute approximate surface area is 161 Å². The summed E-state index contributed by atoms with van der Waals surface area (Å²) in [6.07, 6.45) is 2.44. The van der Waals surface area contributed by atoms with Crippen molar-refractivity contribution < 1.29 is 4.79 Å². The molecule has 0 aliphatic rings. The van der Waals surface area contributed by atoms with Gasteiger partial charge in [-0.05, 0) is 41.8 Å². The fourth-order valence-electron chi connectivity index (χ4n) is 2.79. The minimum atomic E-state index is -0.148. The second-order valence-corrected chi connectivity index (χ2v) is 6.91. The lowest BCUT2D eigenvalue weighted by molar-refractivity contribution is 0.0946. The summed E-state index contributed by atoms with van der Waals surface area (Å²) in [6, 6.07) is 21.3. The van der Waals surface area contributed by atoms with E-state index < -0.39 is 0 Å². The molecule has 1 aromatic carbocycles. The van der Waals surface area contributed by atoms with Crippen LogP contribution < -0.4 is 5.32 Å². The second-order valence-electron chi connectivity index (χ2n) is 5.97. The second kappa shape index (κ2) is 7.97. The summed E-state index contributed by atoms with van der Waals surface area (Å²) in [6.45, 7) is 0.518. The maximum atomic E-state index is 12.8. The molecule has 0 aliphatic carbocycles. The number of carbonyl (C=O) groups excluding carboxylic acids is 1. The minimum absolute atomic E-state index is 0.148. The quantitative estimate of drug-likeness (QED) is 0.556. The molecule has 0 bridgehead atoms.